The molecule has 44 heavy (non-hydrogen) atoms. The quantitative estimate of drug-likeness (QED) is 0.160. The molecule has 1 aliphatic rings. The summed E-state index contributed by atoms with van der Waals surface area (Å²) in [5.74, 6) is -0.280. The number of nitrogens with zero attached hydrogens (tertiary/aromatic N) is 1. The lowest BCUT2D eigenvalue weighted by molar-refractivity contribution is 0.104. The lowest BCUT2D eigenvalue weighted by atomic mass is 9.98. The largest absolute Gasteiger partial charge is 0.491 e. The Hall–Kier alpha value is -4.04. The average molecular weight is 628 g/mol. The first kappa shape index (κ1) is 31.4. The summed E-state index contributed by atoms with van der Waals surface area (Å²) in [4.78, 5) is 15.4. The van der Waals surface area contributed by atoms with Gasteiger partial charge in [0.2, 0.25) is 10.0 Å². The number of fused-ring (bicyclic) bond motifs is 1. The molecule has 0 radical (unpaired) electrons. The van der Waals surface area contributed by atoms with Gasteiger partial charge in [-0.2, -0.15) is 4.31 Å². The van der Waals surface area contributed by atoms with Crippen molar-refractivity contribution in [3.05, 3.63) is 90.1 Å². The number of nitrogens with one attached hydrogen (secondary N) is 4. The fraction of sp³-hybridized carbons (Fsp3) is 0.323. The summed E-state index contributed by atoms with van der Waals surface area (Å²) in [5, 5.41) is 19.6. The molecule has 4 aromatic rings. The molecule has 3 aromatic carbocycles. The van der Waals surface area contributed by atoms with Crippen LogP contribution in [0.15, 0.2) is 77.8 Å². The van der Waals surface area contributed by atoms with Crippen molar-refractivity contribution >= 4 is 32.6 Å². The standard InChI is InChI=1S/C31H35F2N5O5S/c32-24-1-7-29(33)23(15-24)18-36-31(40)37-25-2-5-28(6-3-25)44(41,42)38-13-10-21(11-14-38)17-34-19-26(39)20-43-27-4-8-30-22(16-27)9-12-35-30/h1-9,12,15-16,21,26,34-35,39H,10-11,13-14,17-20H2,(H2,36,37,40)/t26-/m0/s1. The number of urea groups is 1. The summed E-state index contributed by atoms with van der Waals surface area (Å²) < 4.78 is 60.6. The topological polar surface area (TPSA) is 136 Å². The van der Waals surface area contributed by atoms with Crippen LogP contribution >= 0.6 is 0 Å². The Morgan fingerprint density at radius 3 is 2.59 bits per heavy atom. The van der Waals surface area contributed by atoms with Crippen LogP contribution in [0.2, 0.25) is 0 Å². The number of hydrogen-bond acceptors (Lipinski definition) is 6. The Kier molecular flexibility index (Phi) is 10.1. The fourth-order valence-electron chi connectivity index (χ4n) is 5.07. The summed E-state index contributed by atoms with van der Waals surface area (Å²) in [6.07, 6.45) is 2.54. The third-order valence-electron chi connectivity index (χ3n) is 7.55. The molecule has 0 saturated carbocycles. The Labute approximate surface area is 254 Å². The molecular weight excluding hydrogens is 592 g/mol. The van der Waals surface area contributed by atoms with Crippen LogP contribution in [0.4, 0.5) is 19.3 Å². The molecule has 1 saturated heterocycles. The second kappa shape index (κ2) is 14.2. The van der Waals surface area contributed by atoms with Crippen molar-refractivity contribution in [1.29, 1.82) is 0 Å². The Balaban J connectivity index is 1.01. The number of aromatic amines is 1. The van der Waals surface area contributed by atoms with E-state index < -0.39 is 33.8 Å². The molecule has 0 bridgehead atoms. The highest BCUT2D eigenvalue weighted by Gasteiger charge is 2.29. The molecule has 0 aliphatic carbocycles. The van der Waals surface area contributed by atoms with Gasteiger partial charge in [-0.1, -0.05) is 0 Å². The summed E-state index contributed by atoms with van der Waals surface area (Å²) >= 11 is 0. The van der Waals surface area contributed by atoms with Gasteiger partial charge in [0.05, 0.1) is 4.90 Å². The number of hydrogen-bond donors (Lipinski definition) is 5. The Morgan fingerprint density at radius 2 is 1.82 bits per heavy atom. The van der Waals surface area contributed by atoms with Gasteiger partial charge in [-0.3, -0.25) is 0 Å². The summed E-state index contributed by atoms with van der Waals surface area (Å²) in [5.41, 5.74) is 1.37. The molecule has 0 unspecified atom stereocenters. The van der Waals surface area contributed by atoms with Gasteiger partial charge >= 0.3 is 6.03 Å². The first-order chi connectivity index (χ1) is 21.2. The number of halogens is 2. The van der Waals surface area contributed by atoms with Crippen LogP contribution in [0.25, 0.3) is 10.9 Å². The van der Waals surface area contributed by atoms with Crippen LogP contribution in [0.3, 0.4) is 0 Å². The molecule has 1 fully saturated rings. The molecule has 2 amide bonds. The number of sulfonamides is 1. The van der Waals surface area contributed by atoms with Crippen molar-refractivity contribution in [2.45, 2.75) is 30.4 Å². The van der Waals surface area contributed by atoms with E-state index in [2.05, 4.69) is 20.9 Å². The van der Waals surface area contributed by atoms with Gasteiger partial charge in [0, 0.05) is 54.5 Å². The van der Waals surface area contributed by atoms with Crippen molar-refractivity contribution in [1.82, 2.24) is 19.9 Å². The van der Waals surface area contributed by atoms with E-state index in [4.69, 9.17) is 4.74 Å². The summed E-state index contributed by atoms with van der Waals surface area (Å²) in [7, 11) is -3.71. The maximum absolute atomic E-state index is 13.7. The molecule has 13 heteroatoms. The van der Waals surface area contributed by atoms with E-state index in [1.807, 2.05) is 30.5 Å². The minimum Gasteiger partial charge on any atom is -0.491 e. The van der Waals surface area contributed by atoms with Gasteiger partial charge in [0.15, 0.2) is 0 Å². The zero-order valence-corrected chi connectivity index (χ0v) is 24.7. The van der Waals surface area contributed by atoms with Gasteiger partial charge in [-0.05, 0) is 92.0 Å². The normalized spacial score (nSPS) is 15.2. The number of ether oxygens (including phenoxy) is 1. The zero-order chi connectivity index (χ0) is 31.1. The summed E-state index contributed by atoms with van der Waals surface area (Å²) in [6, 6.07) is 15.8. The van der Waals surface area contributed by atoms with E-state index in [1.165, 1.54) is 28.6 Å². The van der Waals surface area contributed by atoms with Crippen molar-refractivity contribution in [2.75, 3.05) is 38.1 Å². The molecular formula is C31H35F2N5O5S. The highest BCUT2D eigenvalue weighted by atomic mass is 32.2. The molecule has 10 nitrogen and oxygen atoms in total. The molecule has 5 rings (SSSR count). The van der Waals surface area contributed by atoms with E-state index in [9.17, 15) is 27.1 Å². The molecule has 0 spiro atoms. The highest BCUT2D eigenvalue weighted by molar-refractivity contribution is 7.89. The third kappa shape index (κ3) is 8.11. The van der Waals surface area contributed by atoms with Crippen molar-refractivity contribution in [3.8, 4) is 5.75 Å². The van der Waals surface area contributed by atoms with Crippen LogP contribution in [-0.4, -0.2) is 67.7 Å². The van der Waals surface area contributed by atoms with Crippen LogP contribution in [0, 0.1) is 17.6 Å². The van der Waals surface area contributed by atoms with Gasteiger partial charge < -0.3 is 30.8 Å². The molecule has 1 aliphatic heterocycles. The van der Waals surface area contributed by atoms with Crippen LogP contribution in [-0.2, 0) is 16.6 Å². The number of benzene rings is 3. The van der Waals surface area contributed by atoms with Crippen molar-refractivity contribution in [2.24, 2.45) is 5.92 Å². The van der Waals surface area contributed by atoms with Gasteiger partial charge in [-0.25, -0.2) is 22.0 Å². The maximum Gasteiger partial charge on any atom is 0.319 e. The average Bonchev–Trinajstić information content (AvgIpc) is 3.49. The predicted molar refractivity (Wildman–Crippen MR) is 163 cm³/mol. The monoisotopic (exact) mass is 627 g/mol. The minimum absolute atomic E-state index is 0.00540. The van der Waals surface area contributed by atoms with E-state index in [-0.39, 0.29) is 29.5 Å². The van der Waals surface area contributed by atoms with Gasteiger partial charge in [0.1, 0.15) is 30.1 Å². The first-order valence-corrected chi connectivity index (χ1v) is 15.8. The molecule has 1 atom stereocenters. The van der Waals surface area contributed by atoms with Gasteiger partial charge in [-0.15, -0.1) is 0 Å². The minimum atomic E-state index is -3.71. The number of carbonyl (C=O) groups excluding carboxylic acids is 1. The highest BCUT2D eigenvalue weighted by Crippen LogP contribution is 2.25. The van der Waals surface area contributed by atoms with Crippen molar-refractivity contribution in [3.63, 3.8) is 0 Å². The van der Waals surface area contributed by atoms with E-state index in [0.29, 0.717) is 50.5 Å². The smallest absolute Gasteiger partial charge is 0.319 e. The van der Waals surface area contributed by atoms with E-state index in [1.54, 1.807) is 0 Å². The number of anilines is 1. The van der Waals surface area contributed by atoms with Crippen LogP contribution in [0.1, 0.15) is 18.4 Å². The number of aliphatic hydroxyl groups is 1. The van der Waals surface area contributed by atoms with E-state index >= 15 is 0 Å². The number of rotatable bonds is 12. The predicted octanol–water partition coefficient (Wildman–Crippen LogP) is 4.20. The maximum atomic E-state index is 13.7. The second-order valence-electron chi connectivity index (χ2n) is 10.8. The van der Waals surface area contributed by atoms with Crippen LogP contribution < -0.4 is 20.7 Å². The zero-order valence-electron chi connectivity index (χ0n) is 23.9. The number of aromatic nitrogens is 1. The Bertz CT molecular complexity index is 1670. The lowest BCUT2D eigenvalue weighted by Crippen LogP contribution is -2.42. The van der Waals surface area contributed by atoms with Crippen molar-refractivity contribution < 1.29 is 31.8 Å². The molecule has 1 aromatic heterocycles. The number of H-pyrrole nitrogens is 1. The van der Waals surface area contributed by atoms with Crippen LogP contribution in [0.5, 0.6) is 5.75 Å². The fourth-order valence-corrected chi connectivity index (χ4v) is 6.54. The van der Waals surface area contributed by atoms with Gasteiger partial charge in [0.25, 0.3) is 0 Å². The number of amides is 2. The SMILES string of the molecule is O=C(NCc1cc(F)ccc1F)Nc1ccc(S(=O)(=O)N2CCC(CNC[C@H](O)COc3ccc4[nH]ccc4c3)CC2)cc1. The molecule has 234 valence electrons. The third-order valence-corrected chi connectivity index (χ3v) is 9.46. The molecule has 2 heterocycles. The number of aliphatic hydroxyl groups excluding tert-OH is 1. The van der Waals surface area contributed by atoms with E-state index in [0.717, 1.165) is 29.1 Å². The second-order valence-corrected chi connectivity index (χ2v) is 12.7. The number of carbonyl (C=O) groups is 1. The lowest BCUT2D eigenvalue weighted by Gasteiger charge is -2.31. The first-order valence-electron chi connectivity index (χ1n) is 14.3. The number of piperidine rings is 1. The molecule has 5 N–H and O–H groups in total. The Morgan fingerprint density at radius 1 is 1.05 bits per heavy atom. The summed E-state index contributed by atoms with van der Waals surface area (Å²) in [6.45, 7) is 1.73.